The molecule has 1 fully saturated rings. The number of aromatic nitrogens is 1. The minimum absolute atomic E-state index is 0.0663. The maximum Gasteiger partial charge on any atom is 0.414 e. The highest BCUT2D eigenvalue weighted by atomic mass is 16.4. The number of carboxylic acids is 2. The van der Waals surface area contributed by atoms with Gasteiger partial charge in [0.25, 0.3) is 0 Å². The Morgan fingerprint density at radius 1 is 0.762 bits per heavy atom. The molecule has 1 aromatic heterocycles. The summed E-state index contributed by atoms with van der Waals surface area (Å²) in [7, 11) is 0. The number of carboxylic acid groups (broad SMARTS) is 2. The summed E-state index contributed by atoms with van der Waals surface area (Å²) in [6, 6.07) is 29.9. The highest BCUT2D eigenvalue weighted by Gasteiger charge is 2.28. The molecule has 1 amide bonds. The Balaban J connectivity index is 0.000000535. The summed E-state index contributed by atoms with van der Waals surface area (Å²) >= 11 is 0. The highest BCUT2D eigenvalue weighted by Crippen LogP contribution is 2.34. The van der Waals surface area contributed by atoms with Crippen molar-refractivity contribution in [2.45, 2.75) is 25.3 Å². The first-order chi connectivity index (χ1) is 20.4. The van der Waals surface area contributed by atoms with E-state index >= 15 is 0 Å². The van der Waals surface area contributed by atoms with Crippen LogP contribution in [0.3, 0.4) is 0 Å². The largest absolute Gasteiger partial charge is 0.473 e. The number of benzene rings is 3. The van der Waals surface area contributed by atoms with Crippen molar-refractivity contribution in [1.29, 1.82) is 0 Å². The van der Waals surface area contributed by atoms with Gasteiger partial charge in [-0.05, 0) is 42.0 Å². The Bertz CT molecular complexity index is 1500. The number of anilines is 1. The standard InChI is InChI=1S/C31H32N4O.C2H2O4/c36-29(33-30-25-14-7-8-16-27(25)32-28-17-9-15-26(28)30)22-34-18-20-35(21-19-34)31(23-10-3-1-4-11-23)24-12-5-2-6-13-24;3-1(4)2(5)6/h1-8,10-14,16,31H,9,15,17-22H2,(H,32,33,36);(H,3,4)(H,5,6). The van der Waals surface area contributed by atoms with Crippen molar-refractivity contribution in [3.05, 3.63) is 107 Å². The zero-order valence-electron chi connectivity index (χ0n) is 23.3. The molecule has 1 aliphatic carbocycles. The minimum Gasteiger partial charge on any atom is -0.473 e. The normalized spacial score (nSPS) is 15.1. The summed E-state index contributed by atoms with van der Waals surface area (Å²) in [4.78, 5) is 41.1. The molecule has 9 nitrogen and oxygen atoms in total. The number of rotatable bonds is 6. The molecule has 3 aromatic carbocycles. The number of hydrogen-bond acceptors (Lipinski definition) is 6. The van der Waals surface area contributed by atoms with Gasteiger partial charge in [0.2, 0.25) is 5.91 Å². The first-order valence-corrected chi connectivity index (χ1v) is 14.1. The molecule has 6 rings (SSSR count). The van der Waals surface area contributed by atoms with Crippen LogP contribution < -0.4 is 5.32 Å². The lowest BCUT2D eigenvalue weighted by molar-refractivity contribution is -0.159. The summed E-state index contributed by atoms with van der Waals surface area (Å²) in [5.74, 6) is -3.58. The molecule has 216 valence electrons. The van der Waals surface area contributed by atoms with Crippen LogP contribution in [0.15, 0.2) is 84.9 Å². The molecule has 42 heavy (non-hydrogen) atoms. The van der Waals surface area contributed by atoms with E-state index in [2.05, 4.69) is 81.8 Å². The number of carbonyl (C=O) groups excluding carboxylic acids is 1. The van der Waals surface area contributed by atoms with E-state index in [-0.39, 0.29) is 11.9 Å². The van der Waals surface area contributed by atoms with Crippen molar-refractivity contribution in [2.75, 3.05) is 38.0 Å². The first-order valence-electron chi connectivity index (χ1n) is 14.1. The number of nitrogens with zero attached hydrogens (tertiary/aromatic N) is 3. The number of aryl methyl sites for hydroxylation is 1. The maximum absolute atomic E-state index is 13.2. The third-order valence-electron chi connectivity index (χ3n) is 7.74. The predicted octanol–water partition coefficient (Wildman–Crippen LogP) is 4.22. The SMILES string of the molecule is O=C(CN1CCN(C(c2ccccc2)c2ccccc2)CC1)Nc1c2c(nc3ccccc13)CCC2.O=C(O)C(=O)O. The fourth-order valence-corrected chi connectivity index (χ4v) is 5.80. The summed E-state index contributed by atoms with van der Waals surface area (Å²) < 4.78 is 0. The first kappa shape index (κ1) is 28.9. The van der Waals surface area contributed by atoms with Gasteiger partial charge in [0, 0.05) is 37.3 Å². The van der Waals surface area contributed by atoms with Gasteiger partial charge >= 0.3 is 11.9 Å². The molecule has 0 radical (unpaired) electrons. The molecule has 0 spiro atoms. The van der Waals surface area contributed by atoms with Gasteiger partial charge in [-0.1, -0.05) is 78.9 Å². The van der Waals surface area contributed by atoms with Crippen LogP contribution >= 0.6 is 0 Å². The number of para-hydroxylation sites is 1. The second kappa shape index (κ2) is 13.4. The Hall–Kier alpha value is -4.60. The fraction of sp³-hybridized carbons (Fsp3) is 0.273. The van der Waals surface area contributed by atoms with Gasteiger partial charge in [0.1, 0.15) is 0 Å². The number of aliphatic carboxylic acids is 2. The topological polar surface area (TPSA) is 123 Å². The summed E-state index contributed by atoms with van der Waals surface area (Å²) in [6.07, 6.45) is 3.09. The van der Waals surface area contributed by atoms with Crippen molar-refractivity contribution in [1.82, 2.24) is 14.8 Å². The van der Waals surface area contributed by atoms with Crippen molar-refractivity contribution in [3.63, 3.8) is 0 Å². The average Bonchev–Trinajstić information content (AvgIpc) is 3.48. The quantitative estimate of drug-likeness (QED) is 0.297. The fourth-order valence-electron chi connectivity index (χ4n) is 5.80. The molecule has 3 N–H and O–H groups in total. The summed E-state index contributed by atoms with van der Waals surface area (Å²) in [5.41, 5.74) is 6.94. The van der Waals surface area contributed by atoms with Crippen LogP contribution in [0.5, 0.6) is 0 Å². The summed E-state index contributed by atoms with van der Waals surface area (Å²) in [5, 5.41) is 19.1. The van der Waals surface area contributed by atoms with Crippen LogP contribution in [0.1, 0.15) is 34.8 Å². The molecule has 1 saturated heterocycles. The monoisotopic (exact) mass is 566 g/mol. The Kier molecular flexibility index (Phi) is 9.21. The average molecular weight is 567 g/mol. The van der Waals surface area contributed by atoms with E-state index in [4.69, 9.17) is 24.8 Å². The van der Waals surface area contributed by atoms with E-state index in [0.29, 0.717) is 6.54 Å². The number of fused-ring (bicyclic) bond motifs is 2. The lowest BCUT2D eigenvalue weighted by Gasteiger charge is -2.39. The second-order valence-corrected chi connectivity index (χ2v) is 10.5. The van der Waals surface area contributed by atoms with Gasteiger partial charge in [-0.25, -0.2) is 9.59 Å². The van der Waals surface area contributed by atoms with Crippen LogP contribution in [-0.2, 0) is 27.2 Å². The second-order valence-electron chi connectivity index (χ2n) is 10.5. The van der Waals surface area contributed by atoms with Gasteiger partial charge in [-0.3, -0.25) is 19.6 Å². The zero-order valence-corrected chi connectivity index (χ0v) is 23.3. The number of carbonyl (C=O) groups is 3. The number of amides is 1. The Morgan fingerprint density at radius 3 is 1.93 bits per heavy atom. The number of piperazine rings is 1. The van der Waals surface area contributed by atoms with Crippen molar-refractivity contribution in [3.8, 4) is 0 Å². The molecular weight excluding hydrogens is 532 g/mol. The number of pyridine rings is 1. The molecule has 0 unspecified atom stereocenters. The minimum atomic E-state index is -1.82. The molecular formula is C33H34N4O5. The zero-order chi connectivity index (χ0) is 29.5. The van der Waals surface area contributed by atoms with Crippen LogP contribution in [0.2, 0.25) is 0 Å². The highest BCUT2D eigenvalue weighted by molar-refractivity contribution is 6.27. The van der Waals surface area contributed by atoms with Gasteiger partial charge in [-0.15, -0.1) is 0 Å². The molecule has 0 bridgehead atoms. The smallest absolute Gasteiger partial charge is 0.414 e. The molecule has 1 aliphatic heterocycles. The number of nitrogens with one attached hydrogen (secondary N) is 1. The molecule has 0 atom stereocenters. The third kappa shape index (κ3) is 6.82. The van der Waals surface area contributed by atoms with Crippen LogP contribution in [0.25, 0.3) is 10.9 Å². The van der Waals surface area contributed by atoms with Crippen LogP contribution in [-0.4, -0.2) is 75.6 Å². The third-order valence-corrected chi connectivity index (χ3v) is 7.74. The van der Waals surface area contributed by atoms with E-state index in [9.17, 15) is 4.79 Å². The van der Waals surface area contributed by atoms with E-state index < -0.39 is 11.9 Å². The molecule has 0 saturated carbocycles. The van der Waals surface area contributed by atoms with Gasteiger partial charge < -0.3 is 15.5 Å². The lowest BCUT2D eigenvalue weighted by Crippen LogP contribution is -2.49. The van der Waals surface area contributed by atoms with Crippen molar-refractivity contribution < 1.29 is 24.6 Å². The lowest BCUT2D eigenvalue weighted by atomic mass is 9.96. The molecule has 2 heterocycles. The van der Waals surface area contributed by atoms with E-state index in [0.717, 1.165) is 67.7 Å². The van der Waals surface area contributed by atoms with E-state index in [1.165, 1.54) is 16.7 Å². The Labute approximate surface area is 244 Å². The van der Waals surface area contributed by atoms with Crippen LogP contribution in [0, 0.1) is 0 Å². The van der Waals surface area contributed by atoms with Crippen molar-refractivity contribution in [2.24, 2.45) is 0 Å². The van der Waals surface area contributed by atoms with Gasteiger partial charge in [0.15, 0.2) is 0 Å². The number of hydrogen-bond donors (Lipinski definition) is 3. The van der Waals surface area contributed by atoms with Gasteiger partial charge in [0.05, 0.1) is 23.8 Å². The molecule has 9 heteroatoms. The summed E-state index contributed by atoms with van der Waals surface area (Å²) in [6.45, 7) is 4.02. The van der Waals surface area contributed by atoms with E-state index in [1.54, 1.807) is 0 Å². The van der Waals surface area contributed by atoms with Crippen LogP contribution in [0.4, 0.5) is 5.69 Å². The molecule has 4 aromatic rings. The van der Waals surface area contributed by atoms with E-state index in [1.807, 2.05) is 18.2 Å². The predicted molar refractivity (Wildman–Crippen MR) is 160 cm³/mol. The van der Waals surface area contributed by atoms with Crippen molar-refractivity contribution >= 4 is 34.4 Å². The molecule has 2 aliphatic rings. The Morgan fingerprint density at radius 2 is 1.33 bits per heavy atom. The van der Waals surface area contributed by atoms with Gasteiger partial charge in [-0.2, -0.15) is 0 Å². The maximum atomic E-state index is 13.2.